The van der Waals surface area contributed by atoms with Gasteiger partial charge in [-0.05, 0) is 18.1 Å². The summed E-state index contributed by atoms with van der Waals surface area (Å²) in [6.07, 6.45) is 0. The predicted octanol–water partition coefficient (Wildman–Crippen LogP) is 1.67. The molecule has 0 bridgehead atoms. The Morgan fingerprint density at radius 2 is 2.12 bits per heavy atom. The Morgan fingerprint density at radius 3 is 2.76 bits per heavy atom. The first kappa shape index (κ1) is 13.5. The van der Waals surface area contributed by atoms with Gasteiger partial charge in [0.25, 0.3) is 5.91 Å². The molecule has 0 radical (unpaired) electrons. The van der Waals surface area contributed by atoms with Gasteiger partial charge in [-0.1, -0.05) is 26.0 Å². The maximum absolute atomic E-state index is 11.7. The van der Waals surface area contributed by atoms with Gasteiger partial charge in [0, 0.05) is 18.8 Å². The van der Waals surface area contributed by atoms with Crippen molar-refractivity contribution in [3.63, 3.8) is 0 Å². The third-order valence-corrected chi connectivity index (χ3v) is 2.19. The van der Waals surface area contributed by atoms with Crippen LogP contribution >= 0.6 is 0 Å². The minimum atomic E-state index is -0.156. The Kier molecular flexibility index (Phi) is 5.49. The number of ether oxygens (including phenoxy) is 1. The number of nitrogens with one attached hydrogen (secondary N) is 1. The van der Waals surface area contributed by atoms with Crippen LogP contribution < -0.4 is 11.1 Å². The molecule has 0 aromatic heterocycles. The van der Waals surface area contributed by atoms with Crippen LogP contribution in [0.3, 0.4) is 0 Å². The largest absolute Gasteiger partial charge is 0.398 e. The molecule has 0 heterocycles. The van der Waals surface area contributed by atoms with E-state index in [0.29, 0.717) is 36.9 Å². The molecule has 1 amide bonds. The van der Waals surface area contributed by atoms with Gasteiger partial charge in [0.15, 0.2) is 0 Å². The highest BCUT2D eigenvalue weighted by atomic mass is 16.5. The van der Waals surface area contributed by atoms with Gasteiger partial charge >= 0.3 is 0 Å². The van der Waals surface area contributed by atoms with Crippen molar-refractivity contribution in [2.45, 2.75) is 13.8 Å². The number of anilines is 1. The molecular formula is C13H20N2O2. The first-order chi connectivity index (χ1) is 8.11. The minimum Gasteiger partial charge on any atom is -0.398 e. The van der Waals surface area contributed by atoms with Gasteiger partial charge in [0.05, 0.1) is 12.2 Å². The Balaban J connectivity index is 2.29. The molecule has 3 N–H and O–H groups in total. The van der Waals surface area contributed by atoms with Crippen molar-refractivity contribution in [1.29, 1.82) is 0 Å². The van der Waals surface area contributed by atoms with Crippen LogP contribution in [0.5, 0.6) is 0 Å². The van der Waals surface area contributed by atoms with Crippen LogP contribution in [0.25, 0.3) is 0 Å². The van der Waals surface area contributed by atoms with E-state index in [2.05, 4.69) is 19.2 Å². The van der Waals surface area contributed by atoms with Crippen molar-refractivity contribution in [2.24, 2.45) is 5.92 Å². The fraction of sp³-hybridized carbons (Fsp3) is 0.462. The molecule has 0 unspecified atom stereocenters. The smallest absolute Gasteiger partial charge is 0.253 e. The lowest BCUT2D eigenvalue weighted by atomic mass is 10.2. The van der Waals surface area contributed by atoms with Crippen LogP contribution in [0.4, 0.5) is 5.69 Å². The van der Waals surface area contributed by atoms with Gasteiger partial charge in [-0.3, -0.25) is 4.79 Å². The summed E-state index contributed by atoms with van der Waals surface area (Å²) in [4.78, 5) is 11.7. The zero-order valence-corrected chi connectivity index (χ0v) is 10.4. The molecule has 17 heavy (non-hydrogen) atoms. The first-order valence-electron chi connectivity index (χ1n) is 5.81. The van der Waals surface area contributed by atoms with E-state index in [1.165, 1.54) is 0 Å². The predicted molar refractivity (Wildman–Crippen MR) is 68.8 cm³/mol. The molecule has 0 aliphatic rings. The second-order valence-corrected chi connectivity index (χ2v) is 4.31. The van der Waals surface area contributed by atoms with Crippen molar-refractivity contribution < 1.29 is 9.53 Å². The highest BCUT2D eigenvalue weighted by Gasteiger charge is 2.07. The maximum atomic E-state index is 11.7. The van der Waals surface area contributed by atoms with Crippen LogP contribution in [0.2, 0.25) is 0 Å². The van der Waals surface area contributed by atoms with E-state index in [9.17, 15) is 4.79 Å². The van der Waals surface area contributed by atoms with Gasteiger partial charge in [0.2, 0.25) is 0 Å². The lowest BCUT2D eigenvalue weighted by Gasteiger charge is -2.09. The van der Waals surface area contributed by atoms with Crippen molar-refractivity contribution in [2.75, 3.05) is 25.5 Å². The van der Waals surface area contributed by atoms with Gasteiger partial charge < -0.3 is 15.8 Å². The topological polar surface area (TPSA) is 64.3 Å². The number of carbonyl (C=O) groups is 1. The number of hydrogen-bond donors (Lipinski definition) is 2. The van der Waals surface area contributed by atoms with Crippen LogP contribution in [-0.2, 0) is 4.74 Å². The fourth-order valence-electron chi connectivity index (χ4n) is 1.35. The van der Waals surface area contributed by atoms with E-state index in [0.717, 1.165) is 0 Å². The zero-order chi connectivity index (χ0) is 12.7. The second kappa shape index (κ2) is 6.91. The summed E-state index contributed by atoms with van der Waals surface area (Å²) in [5.74, 6) is 0.353. The molecule has 94 valence electrons. The SMILES string of the molecule is CC(C)COCCNC(=O)c1ccccc1N. The summed E-state index contributed by atoms with van der Waals surface area (Å²) < 4.78 is 5.37. The molecule has 0 aliphatic carbocycles. The molecule has 0 saturated heterocycles. The standard InChI is InChI=1S/C13H20N2O2/c1-10(2)9-17-8-7-15-13(16)11-5-3-4-6-12(11)14/h3-6,10H,7-9,14H2,1-2H3,(H,15,16). The number of carbonyl (C=O) groups excluding carboxylic acids is 1. The highest BCUT2D eigenvalue weighted by molar-refractivity contribution is 5.98. The molecule has 0 spiro atoms. The van der Waals surface area contributed by atoms with Crippen LogP contribution in [-0.4, -0.2) is 25.7 Å². The number of para-hydroxylation sites is 1. The Morgan fingerprint density at radius 1 is 1.41 bits per heavy atom. The molecular weight excluding hydrogens is 216 g/mol. The third-order valence-electron chi connectivity index (χ3n) is 2.19. The summed E-state index contributed by atoms with van der Waals surface area (Å²) in [5.41, 5.74) is 6.70. The number of nitrogen functional groups attached to an aromatic ring is 1. The summed E-state index contributed by atoms with van der Waals surface area (Å²) in [5, 5.41) is 2.77. The monoisotopic (exact) mass is 236 g/mol. The fourth-order valence-corrected chi connectivity index (χ4v) is 1.35. The van der Waals surface area contributed by atoms with Crippen LogP contribution in [0, 0.1) is 5.92 Å². The molecule has 0 aliphatic heterocycles. The van der Waals surface area contributed by atoms with E-state index < -0.39 is 0 Å². The van der Waals surface area contributed by atoms with Crippen molar-refractivity contribution in [1.82, 2.24) is 5.32 Å². The van der Waals surface area contributed by atoms with Crippen molar-refractivity contribution in [3.05, 3.63) is 29.8 Å². The third kappa shape index (κ3) is 4.87. The maximum Gasteiger partial charge on any atom is 0.253 e. The van der Waals surface area contributed by atoms with Gasteiger partial charge in [-0.25, -0.2) is 0 Å². The highest BCUT2D eigenvalue weighted by Crippen LogP contribution is 2.09. The quantitative estimate of drug-likeness (QED) is 0.583. The van der Waals surface area contributed by atoms with E-state index in [1.807, 2.05) is 0 Å². The lowest BCUT2D eigenvalue weighted by Crippen LogP contribution is -2.28. The summed E-state index contributed by atoms with van der Waals surface area (Å²) in [6, 6.07) is 7.02. The molecule has 4 nitrogen and oxygen atoms in total. The lowest BCUT2D eigenvalue weighted by molar-refractivity contribution is 0.0887. The summed E-state index contributed by atoms with van der Waals surface area (Å²) >= 11 is 0. The molecule has 0 fully saturated rings. The molecule has 0 saturated carbocycles. The Labute approximate surface area is 102 Å². The van der Waals surface area contributed by atoms with Gasteiger partial charge in [-0.2, -0.15) is 0 Å². The van der Waals surface area contributed by atoms with E-state index in [1.54, 1.807) is 24.3 Å². The Bertz CT molecular complexity index is 364. The van der Waals surface area contributed by atoms with E-state index >= 15 is 0 Å². The molecule has 0 atom stereocenters. The van der Waals surface area contributed by atoms with Crippen molar-refractivity contribution in [3.8, 4) is 0 Å². The minimum absolute atomic E-state index is 0.156. The van der Waals surface area contributed by atoms with Gasteiger partial charge in [0.1, 0.15) is 0 Å². The normalized spacial score (nSPS) is 10.5. The van der Waals surface area contributed by atoms with Crippen LogP contribution in [0.15, 0.2) is 24.3 Å². The van der Waals surface area contributed by atoms with Gasteiger partial charge in [-0.15, -0.1) is 0 Å². The number of benzene rings is 1. The van der Waals surface area contributed by atoms with Crippen LogP contribution in [0.1, 0.15) is 24.2 Å². The number of hydrogen-bond acceptors (Lipinski definition) is 3. The molecule has 1 rings (SSSR count). The number of rotatable bonds is 6. The molecule has 1 aromatic rings. The average molecular weight is 236 g/mol. The van der Waals surface area contributed by atoms with E-state index in [4.69, 9.17) is 10.5 Å². The Hall–Kier alpha value is -1.55. The zero-order valence-electron chi connectivity index (χ0n) is 10.4. The molecule has 1 aromatic carbocycles. The summed E-state index contributed by atoms with van der Waals surface area (Å²) in [7, 11) is 0. The first-order valence-corrected chi connectivity index (χ1v) is 5.81. The number of nitrogens with two attached hydrogens (primary N) is 1. The average Bonchev–Trinajstić information content (AvgIpc) is 2.28. The van der Waals surface area contributed by atoms with Crippen molar-refractivity contribution >= 4 is 11.6 Å². The second-order valence-electron chi connectivity index (χ2n) is 4.31. The summed E-state index contributed by atoms with van der Waals surface area (Å²) in [6.45, 7) is 5.91. The number of amides is 1. The van der Waals surface area contributed by atoms with E-state index in [-0.39, 0.29) is 5.91 Å². The molecule has 4 heteroatoms.